The van der Waals surface area contributed by atoms with Crippen LogP contribution in [0.25, 0.3) is 0 Å². The summed E-state index contributed by atoms with van der Waals surface area (Å²) < 4.78 is 16.2. The second kappa shape index (κ2) is 10.4. The van der Waals surface area contributed by atoms with Crippen LogP contribution in [0.2, 0.25) is 5.02 Å². The van der Waals surface area contributed by atoms with E-state index in [0.29, 0.717) is 23.1 Å². The Kier molecular flexibility index (Phi) is 8.90. The van der Waals surface area contributed by atoms with E-state index >= 15 is 0 Å². The first-order valence-electron chi connectivity index (χ1n) is 7.89. The Labute approximate surface area is 160 Å². The standard InChI is InChI=1S/C19H24ClNO3.ClH/c1-22-15-7-4-13(5-8-15)6-9-16-14(10-11-21)12-17(20)19(24-3)18(16)23-2;/h4-5,7-8,12H,6,9-11,21H2,1-3H3;1H. The lowest BCUT2D eigenvalue weighted by Gasteiger charge is -2.18. The number of methoxy groups -OCH3 is 3. The Morgan fingerprint density at radius 3 is 2.04 bits per heavy atom. The summed E-state index contributed by atoms with van der Waals surface area (Å²) in [6.07, 6.45) is 2.44. The number of nitrogens with two attached hydrogens (primary N) is 1. The molecular formula is C19H25Cl2NO3. The molecule has 0 unspecified atom stereocenters. The molecule has 0 aliphatic rings. The molecular weight excluding hydrogens is 361 g/mol. The van der Waals surface area contributed by atoms with E-state index in [1.165, 1.54) is 5.56 Å². The number of aryl methyl sites for hydroxylation is 1. The molecule has 6 heteroatoms. The third-order valence-electron chi connectivity index (χ3n) is 4.03. The monoisotopic (exact) mass is 385 g/mol. The minimum Gasteiger partial charge on any atom is -0.497 e. The molecule has 0 amide bonds. The lowest BCUT2D eigenvalue weighted by atomic mass is 9.96. The Balaban J connectivity index is 0.00000312. The average Bonchev–Trinajstić information content (AvgIpc) is 2.61. The van der Waals surface area contributed by atoms with Crippen molar-refractivity contribution in [1.82, 2.24) is 0 Å². The van der Waals surface area contributed by atoms with Crippen LogP contribution in [-0.2, 0) is 19.3 Å². The van der Waals surface area contributed by atoms with Gasteiger partial charge in [-0.1, -0.05) is 23.7 Å². The highest BCUT2D eigenvalue weighted by atomic mass is 35.5. The minimum atomic E-state index is 0. The SMILES string of the molecule is COc1ccc(CCc2c(CCN)cc(Cl)c(OC)c2OC)cc1.Cl. The number of rotatable bonds is 8. The molecule has 0 bridgehead atoms. The summed E-state index contributed by atoms with van der Waals surface area (Å²) in [6, 6.07) is 10.0. The smallest absolute Gasteiger partial charge is 0.179 e. The highest BCUT2D eigenvalue weighted by molar-refractivity contribution is 6.32. The van der Waals surface area contributed by atoms with Crippen LogP contribution in [0, 0.1) is 0 Å². The van der Waals surface area contributed by atoms with E-state index in [9.17, 15) is 0 Å². The Hall–Kier alpha value is -1.62. The maximum absolute atomic E-state index is 6.31. The highest BCUT2D eigenvalue weighted by Crippen LogP contribution is 2.40. The van der Waals surface area contributed by atoms with Crippen LogP contribution in [0.1, 0.15) is 16.7 Å². The molecule has 138 valence electrons. The van der Waals surface area contributed by atoms with Crippen molar-refractivity contribution in [2.75, 3.05) is 27.9 Å². The summed E-state index contributed by atoms with van der Waals surface area (Å²) in [5.41, 5.74) is 9.18. The topological polar surface area (TPSA) is 53.7 Å². The zero-order valence-corrected chi connectivity index (χ0v) is 16.4. The number of halogens is 2. The van der Waals surface area contributed by atoms with Gasteiger partial charge in [0.25, 0.3) is 0 Å². The molecule has 2 rings (SSSR count). The largest absolute Gasteiger partial charge is 0.497 e. The highest BCUT2D eigenvalue weighted by Gasteiger charge is 2.18. The van der Waals surface area contributed by atoms with Gasteiger partial charge in [-0.15, -0.1) is 12.4 Å². The van der Waals surface area contributed by atoms with Gasteiger partial charge in [0.15, 0.2) is 11.5 Å². The summed E-state index contributed by atoms with van der Waals surface area (Å²) >= 11 is 6.31. The Morgan fingerprint density at radius 2 is 1.52 bits per heavy atom. The van der Waals surface area contributed by atoms with Crippen molar-refractivity contribution in [2.24, 2.45) is 5.73 Å². The van der Waals surface area contributed by atoms with Gasteiger partial charge in [-0.25, -0.2) is 0 Å². The van der Waals surface area contributed by atoms with E-state index < -0.39 is 0 Å². The number of hydrogen-bond donors (Lipinski definition) is 1. The van der Waals surface area contributed by atoms with Crippen LogP contribution in [0.5, 0.6) is 17.2 Å². The van der Waals surface area contributed by atoms with Crippen molar-refractivity contribution in [3.05, 3.63) is 52.0 Å². The van der Waals surface area contributed by atoms with Gasteiger partial charge in [-0.05, 0) is 55.1 Å². The lowest BCUT2D eigenvalue weighted by Crippen LogP contribution is -2.09. The molecule has 0 fully saturated rings. The van der Waals surface area contributed by atoms with E-state index in [0.717, 1.165) is 36.1 Å². The molecule has 0 aromatic heterocycles. The van der Waals surface area contributed by atoms with Crippen LogP contribution in [0.3, 0.4) is 0 Å². The predicted molar refractivity (Wildman–Crippen MR) is 105 cm³/mol. The first-order chi connectivity index (χ1) is 11.6. The van der Waals surface area contributed by atoms with Crippen LogP contribution >= 0.6 is 24.0 Å². The van der Waals surface area contributed by atoms with E-state index in [1.54, 1.807) is 21.3 Å². The van der Waals surface area contributed by atoms with Gasteiger partial charge in [-0.3, -0.25) is 0 Å². The van der Waals surface area contributed by atoms with Crippen LogP contribution in [-0.4, -0.2) is 27.9 Å². The zero-order valence-electron chi connectivity index (χ0n) is 14.8. The van der Waals surface area contributed by atoms with Gasteiger partial charge in [0, 0.05) is 5.56 Å². The van der Waals surface area contributed by atoms with Gasteiger partial charge < -0.3 is 19.9 Å². The number of ether oxygens (including phenoxy) is 3. The van der Waals surface area contributed by atoms with E-state index in [4.69, 9.17) is 31.5 Å². The molecule has 0 aliphatic heterocycles. The molecule has 0 aliphatic carbocycles. The third-order valence-corrected chi connectivity index (χ3v) is 4.31. The molecule has 0 saturated carbocycles. The fraction of sp³-hybridized carbons (Fsp3) is 0.368. The van der Waals surface area contributed by atoms with Crippen LogP contribution in [0.15, 0.2) is 30.3 Å². The van der Waals surface area contributed by atoms with Crippen LogP contribution in [0.4, 0.5) is 0 Å². The summed E-state index contributed by atoms with van der Waals surface area (Å²) in [4.78, 5) is 0. The van der Waals surface area contributed by atoms with Crippen molar-refractivity contribution < 1.29 is 14.2 Å². The van der Waals surface area contributed by atoms with Crippen molar-refractivity contribution >= 4 is 24.0 Å². The molecule has 0 atom stereocenters. The summed E-state index contributed by atoms with van der Waals surface area (Å²) in [5.74, 6) is 2.12. The lowest BCUT2D eigenvalue weighted by molar-refractivity contribution is 0.351. The van der Waals surface area contributed by atoms with Gasteiger partial charge in [0.05, 0.1) is 26.4 Å². The Morgan fingerprint density at radius 1 is 0.880 bits per heavy atom. The van der Waals surface area contributed by atoms with Crippen molar-refractivity contribution in [1.29, 1.82) is 0 Å². The molecule has 2 aromatic carbocycles. The van der Waals surface area contributed by atoms with Gasteiger partial charge >= 0.3 is 0 Å². The second-order valence-electron chi connectivity index (χ2n) is 5.45. The van der Waals surface area contributed by atoms with Gasteiger partial charge in [0.1, 0.15) is 5.75 Å². The van der Waals surface area contributed by atoms with E-state index in [1.807, 2.05) is 18.2 Å². The summed E-state index contributed by atoms with van der Waals surface area (Å²) in [7, 11) is 4.90. The predicted octanol–water partition coefficient (Wildman–Crippen LogP) is 4.07. The minimum absolute atomic E-state index is 0. The maximum atomic E-state index is 6.31. The molecule has 25 heavy (non-hydrogen) atoms. The average molecular weight is 386 g/mol. The quantitative estimate of drug-likeness (QED) is 0.743. The number of benzene rings is 2. The second-order valence-corrected chi connectivity index (χ2v) is 5.86. The van der Waals surface area contributed by atoms with E-state index in [-0.39, 0.29) is 12.4 Å². The molecule has 0 spiro atoms. The van der Waals surface area contributed by atoms with Crippen molar-refractivity contribution in [3.8, 4) is 17.2 Å². The van der Waals surface area contributed by atoms with Gasteiger partial charge in [0.2, 0.25) is 0 Å². The molecule has 0 radical (unpaired) electrons. The Bertz CT molecular complexity index is 675. The zero-order chi connectivity index (χ0) is 17.5. The van der Waals surface area contributed by atoms with E-state index in [2.05, 4.69) is 12.1 Å². The van der Waals surface area contributed by atoms with Crippen molar-refractivity contribution in [3.63, 3.8) is 0 Å². The van der Waals surface area contributed by atoms with Gasteiger partial charge in [-0.2, -0.15) is 0 Å². The molecule has 4 nitrogen and oxygen atoms in total. The maximum Gasteiger partial charge on any atom is 0.179 e. The summed E-state index contributed by atoms with van der Waals surface area (Å²) in [6.45, 7) is 0.557. The number of hydrogen-bond acceptors (Lipinski definition) is 4. The third kappa shape index (κ3) is 5.18. The summed E-state index contributed by atoms with van der Waals surface area (Å²) in [5, 5.41) is 0.547. The van der Waals surface area contributed by atoms with Crippen molar-refractivity contribution in [2.45, 2.75) is 19.3 Å². The fourth-order valence-corrected chi connectivity index (χ4v) is 3.11. The van der Waals surface area contributed by atoms with Crippen LogP contribution < -0.4 is 19.9 Å². The molecule has 2 N–H and O–H groups in total. The fourth-order valence-electron chi connectivity index (χ4n) is 2.82. The first-order valence-corrected chi connectivity index (χ1v) is 8.27. The normalized spacial score (nSPS) is 10.1. The molecule has 0 heterocycles. The first kappa shape index (κ1) is 21.4. The molecule has 2 aromatic rings. The molecule has 0 saturated heterocycles.